The molecular formula is C22H25N3O3. The summed E-state index contributed by atoms with van der Waals surface area (Å²) in [5, 5.41) is 2.94. The van der Waals surface area contributed by atoms with Crippen molar-refractivity contribution in [2.24, 2.45) is 5.73 Å². The van der Waals surface area contributed by atoms with Crippen LogP contribution in [0.3, 0.4) is 0 Å². The normalized spacial score (nSPS) is 23.9. The molecule has 6 heteroatoms. The van der Waals surface area contributed by atoms with Crippen LogP contribution in [0.4, 0.5) is 10.5 Å². The SMILES string of the molecule is Cc1cc(NC(=O)N2CCC[C@@H]3O[C@H](c4ccccc4)C[C@@H]32)cc(C(N)=O)c1. The van der Waals surface area contributed by atoms with Gasteiger partial charge in [0, 0.05) is 24.2 Å². The van der Waals surface area contributed by atoms with E-state index < -0.39 is 5.91 Å². The van der Waals surface area contributed by atoms with E-state index in [2.05, 4.69) is 17.4 Å². The number of hydrogen-bond donors (Lipinski definition) is 2. The van der Waals surface area contributed by atoms with Crippen molar-refractivity contribution in [3.8, 4) is 0 Å². The Morgan fingerprint density at radius 1 is 1.18 bits per heavy atom. The van der Waals surface area contributed by atoms with Crippen molar-refractivity contribution in [3.05, 3.63) is 65.2 Å². The van der Waals surface area contributed by atoms with E-state index in [4.69, 9.17) is 10.5 Å². The number of fused-ring (bicyclic) bond motifs is 1. The van der Waals surface area contributed by atoms with Crippen LogP contribution in [-0.4, -0.2) is 35.5 Å². The minimum atomic E-state index is -0.507. The van der Waals surface area contributed by atoms with Gasteiger partial charge in [0.05, 0.1) is 18.2 Å². The van der Waals surface area contributed by atoms with E-state index in [-0.39, 0.29) is 24.3 Å². The molecule has 2 aromatic rings. The summed E-state index contributed by atoms with van der Waals surface area (Å²) in [6.07, 6.45) is 2.75. The number of primary amides is 1. The highest BCUT2D eigenvalue weighted by Crippen LogP contribution is 2.39. The molecule has 0 spiro atoms. The molecule has 4 rings (SSSR count). The van der Waals surface area contributed by atoms with Crippen molar-refractivity contribution in [3.63, 3.8) is 0 Å². The molecule has 0 unspecified atom stereocenters. The third-order valence-corrected chi connectivity index (χ3v) is 5.56. The molecule has 3 N–H and O–H groups in total. The molecule has 3 amide bonds. The molecular weight excluding hydrogens is 354 g/mol. The third-order valence-electron chi connectivity index (χ3n) is 5.56. The minimum Gasteiger partial charge on any atom is -0.368 e. The van der Waals surface area contributed by atoms with E-state index in [0.717, 1.165) is 30.4 Å². The van der Waals surface area contributed by atoms with Gasteiger partial charge in [0.25, 0.3) is 0 Å². The van der Waals surface area contributed by atoms with E-state index in [9.17, 15) is 9.59 Å². The number of carbonyl (C=O) groups excluding carboxylic acids is 2. The largest absolute Gasteiger partial charge is 0.368 e. The third kappa shape index (κ3) is 3.73. The van der Waals surface area contributed by atoms with Gasteiger partial charge in [-0.15, -0.1) is 0 Å². The van der Waals surface area contributed by atoms with E-state index in [1.165, 1.54) is 0 Å². The van der Waals surface area contributed by atoms with Crippen LogP contribution < -0.4 is 11.1 Å². The monoisotopic (exact) mass is 379 g/mol. The molecule has 0 radical (unpaired) electrons. The zero-order valence-electron chi connectivity index (χ0n) is 15.9. The molecule has 2 aliphatic heterocycles. The van der Waals surface area contributed by atoms with Gasteiger partial charge in [-0.05, 0) is 49.1 Å². The lowest BCUT2D eigenvalue weighted by atomic mass is 9.96. The van der Waals surface area contributed by atoms with Gasteiger partial charge in [0.1, 0.15) is 0 Å². The second-order valence-electron chi connectivity index (χ2n) is 7.59. The number of nitrogens with zero attached hydrogens (tertiary/aromatic N) is 1. The number of ether oxygens (including phenoxy) is 1. The molecule has 2 saturated heterocycles. The predicted octanol–water partition coefficient (Wildman–Crippen LogP) is 3.62. The summed E-state index contributed by atoms with van der Waals surface area (Å²) < 4.78 is 6.27. The number of aryl methyl sites for hydroxylation is 1. The molecule has 6 nitrogen and oxygen atoms in total. The smallest absolute Gasteiger partial charge is 0.322 e. The van der Waals surface area contributed by atoms with E-state index in [1.54, 1.807) is 12.1 Å². The van der Waals surface area contributed by atoms with Crippen LogP contribution in [-0.2, 0) is 4.74 Å². The summed E-state index contributed by atoms with van der Waals surface area (Å²) in [7, 11) is 0. The molecule has 0 aromatic heterocycles. The molecule has 2 heterocycles. The van der Waals surface area contributed by atoms with Crippen molar-refractivity contribution >= 4 is 17.6 Å². The molecule has 0 saturated carbocycles. The second kappa shape index (κ2) is 7.64. The lowest BCUT2D eigenvalue weighted by Gasteiger charge is -2.36. The molecule has 3 atom stereocenters. The predicted molar refractivity (Wildman–Crippen MR) is 107 cm³/mol. The number of amides is 3. The average Bonchev–Trinajstić information content (AvgIpc) is 3.12. The quantitative estimate of drug-likeness (QED) is 0.854. The molecule has 2 fully saturated rings. The Morgan fingerprint density at radius 3 is 2.71 bits per heavy atom. The van der Waals surface area contributed by atoms with Crippen molar-refractivity contribution in [1.29, 1.82) is 0 Å². The fourth-order valence-corrected chi connectivity index (χ4v) is 4.27. The summed E-state index contributed by atoms with van der Waals surface area (Å²) in [4.78, 5) is 26.4. The molecule has 2 aromatic carbocycles. The fraction of sp³-hybridized carbons (Fsp3) is 0.364. The number of piperidine rings is 1. The molecule has 2 aliphatic rings. The Morgan fingerprint density at radius 2 is 1.96 bits per heavy atom. The van der Waals surface area contributed by atoms with Gasteiger partial charge in [0.15, 0.2) is 0 Å². The highest BCUT2D eigenvalue weighted by Gasteiger charge is 2.43. The van der Waals surface area contributed by atoms with Gasteiger partial charge < -0.3 is 20.7 Å². The molecule has 0 bridgehead atoms. The lowest BCUT2D eigenvalue weighted by molar-refractivity contribution is 0.00680. The van der Waals surface area contributed by atoms with E-state index in [1.807, 2.05) is 36.1 Å². The number of carbonyl (C=O) groups is 2. The number of hydrogen-bond acceptors (Lipinski definition) is 3. The Balaban J connectivity index is 1.49. The van der Waals surface area contributed by atoms with E-state index >= 15 is 0 Å². The van der Waals surface area contributed by atoms with E-state index in [0.29, 0.717) is 17.8 Å². The zero-order chi connectivity index (χ0) is 19.7. The fourth-order valence-electron chi connectivity index (χ4n) is 4.27. The van der Waals surface area contributed by atoms with Crippen LogP contribution >= 0.6 is 0 Å². The Bertz CT molecular complexity index is 884. The maximum absolute atomic E-state index is 13.0. The first-order chi connectivity index (χ1) is 13.5. The summed E-state index contributed by atoms with van der Waals surface area (Å²) in [6.45, 7) is 2.57. The van der Waals surface area contributed by atoms with Crippen molar-refractivity contribution in [2.45, 2.75) is 44.4 Å². The standard InChI is InChI=1S/C22H25N3O3/c1-14-10-16(21(23)26)12-17(11-14)24-22(27)25-9-5-8-19-18(25)13-20(28-19)15-6-3-2-4-7-15/h2-4,6-7,10-12,18-20H,5,8-9,13H2,1H3,(H2,23,26)(H,24,27)/t18-,19-,20-/m0/s1. The van der Waals surface area contributed by atoms with Gasteiger partial charge in [0.2, 0.25) is 5.91 Å². The van der Waals surface area contributed by atoms with Gasteiger partial charge in [-0.3, -0.25) is 4.79 Å². The van der Waals surface area contributed by atoms with Gasteiger partial charge in [-0.2, -0.15) is 0 Å². The van der Waals surface area contributed by atoms with Crippen LogP contribution in [0.2, 0.25) is 0 Å². The molecule has 0 aliphatic carbocycles. The van der Waals surface area contributed by atoms with Crippen LogP contribution in [0.25, 0.3) is 0 Å². The molecule has 28 heavy (non-hydrogen) atoms. The van der Waals surface area contributed by atoms with Crippen LogP contribution in [0.5, 0.6) is 0 Å². The number of nitrogens with two attached hydrogens (primary N) is 1. The second-order valence-corrected chi connectivity index (χ2v) is 7.59. The summed E-state index contributed by atoms with van der Waals surface area (Å²) in [6, 6.07) is 15.2. The molecule has 146 valence electrons. The van der Waals surface area contributed by atoms with Crippen LogP contribution in [0.1, 0.15) is 46.9 Å². The lowest BCUT2D eigenvalue weighted by Crippen LogP contribution is -2.50. The first-order valence-electron chi connectivity index (χ1n) is 9.71. The minimum absolute atomic E-state index is 0.0186. The Kier molecular flexibility index (Phi) is 5.05. The van der Waals surface area contributed by atoms with Crippen LogP contribution in [0.15, 0.2) is 48.5 Å². The topological polar surface area (TPSA) is 84.7 Å². The Hall–Kier alpha value is -2.86. The Labute approximate surface area is 164 Å². The summed E-state index contributed by atoms with van der Waals surface area (Å²) in [5.41, 5.74) is 8.39. The number of rotatable bonds is 3. The number of benzene rings is 2. The number of likely N-dealkylation sites (tertiary alicyclic amines) is 1. The number of anilines is 1. The van der Waals surface area contributed by atoms with Gasteiger partial charge >= 0.3 is 6.03 Å². The maximum atomic E-state index is 13.0. The summed E-state index contributed by atoms with van der Waals surface area (Å²) in [5.74, 6) is -0.507. The van der Waals surface area contributed by atoms with Gasteiger partial charge in [-0.25, -0.2) is 4.79 Å². The first-order valence-corrected chi connectivity index (χ1v) is 9.71. The zero-order valence-corrected chi connectivity index (χ0v) is 15.9. The van der Waals surface area contributed by atoms with Crippen molar-refractivity contribution in [1.82, 2.24) is 4.90 Å². The highest BCUT2D eigenvalue weighted by molar-refractivity contribution is 5.96. The highest BCUT2D eigenvalue weighted by atomic mass is 16.5. The number of urea groups is 1. The summed E-state index contributed by atoms with van der Waals surface area (Å²) >= 11 is 0. The van der Waals surface area contributed by atoms with Crippen LogP contribution in [0, 0.1) is 6.92 Å². The number of nitrogens with one attached hydrogen (secondary N) is 1. The maximum Gasteiger partial charge on any atom is 0.322 e. The van der Waals surface area contributed by atoms with Gasteiger partial charge in [-0.1, -0.05) is 30.3 Å². The first kappa shape index (κ1) is 18.5. The average molecular weight is 379 g/mol. The van der Waals surface area contributed by atoms with Crippen molar-refractivity contribution in [2.75, 3.05) is 11.9 Å². The van der Waals surface area contributed by atoms with Crippen molar-refractivity contribution < 1.29 is 14.3 Å².